The van der Waals surface area contributed by atoms with E-state index in [1.165, 1.54) is 31.0 Å². The molecule has 0 amide bonds. The van der Waals surface area contributed by atoms with Crippen LogP contribution >= 0.6 is 0 Å². The maximum Gasteiger partial charge on any atom is 0.328 e. The van der Waals surface area contributed by atoms with Crippen molar-refractivity contribution in [3.8, 4) is 0 Å². The second kappa shape index (κ2) is 5.64. The summed E-state index contributed by atoms with van der Waals surface area (Å²) in [6, 6.07) is 6.47. The van der Waals surface area contributed by atoms with Crippen LogP contribution in [0.15, 0.2) is 30.5 Å². The van der Waals surface area contributed by atoms with Gasteiger partial charge < -0.3 is 14.6 Å². The monoisotopic (exact) mass is 284 g/mol. The van der Waals surface area contributed by atoms with Gasteiger partial charge in [-0.25, -0.2) is 4.79 Å². The van der Waals surface area contributed by atoms with Crippen LogP contribution in [-0.4, -0.2) is 28.7 Å². The molecule has 0 bridgehead atoms. The lowest BCUT2D eigenvalue weighted by Gasteiger charge is -2.28. The fourth-order valence-electron chi connectivity index (χ4n) is 3.05. The van der Waals surface area contributed by atoms with Gasteiger partial charge in [0.1, 0.15) is 0 Å². The number of carboxylic acid groups (broad SMARTS) is 1. The molecule has 1 fully saturated rings. The highest BCUT2D eigenvalue weighted by Gasteiger charge is 2.13. The van der Waals surface area contributed by atoms with Crippen molar-refractivity contribution in [1.82, 2.24) is 4.57 Å². The number of hydrogen-bond acceptors (Lipinski definition) is 2. The average molecular weight is 284 g/mol. The van der Waals surface area contributed by atoms with Gasteiger partial charge in [0.05, 0.1) is 0 Å². The Morgan fingerprint density at radius 1 is 1.24 bits per heavy atom. The van der Waals surface area contributed by atoms with E-state index in [2.05, 4.69) is 23.1 Å². The van der Waals surface area contributed by atoms with Crippen LogP contribution in [0.3, 0.4) is 0 Å². The molecule has 2 aromatic rings. The van der Waals surface area contributed by atoms with Gasteiger partial charge >= 0.3 is 5.97 Å². The van der Waals surface area contributed by atoms with Crippen molar-refractivity contribution in [3.63, 3.8) is 0 Å². The smallest absolute Gasteiger partial charge is 0.328 e. The van der Waals surface area contributed by atoms with E-state index in [0.29, 0.717) is 0 Å². The molecule has 3 rings (SSSR count). The summed E-state index contributed by atoms with van der Waals surface area (Å²) in [5.41, 5.74) is 3.31. The third kappa shape index (κ3) is 2.79. The van der Waals surface area contributed by atoms with E-state index in [1.54, 1.807) is 6.08 Å². The SMILES string of the molecule is Cn1cc(/C=C\C(=O)O)c2cc(N3CCCCC3)ccc21. The molecule has 1 aromatic carbocycles. The highest BCUT2D eigenvalue weighted by atomic mass is 16.4. The quantitative estimate of drug-likeness (QED) is 0.880. The Bertz CT molecular complexity index is 694. The Kier molecular flexibility index (Phi) is 3.69. The Morgan fingerprint density at radius 2 is 2.00 bits per heavy atom. The first kappa shape index (κ1) is 13.7. The van der Waals surface area contributed by atoms with E-state index in [9.17, 15) is 4.79 Å². The van der Waals surface area contributed by atoms with Gasteiger partial charge in [-0.3, -0.25) is 0 Å². The molecule has 0 spiro atoms. The summed E-state index contributed by atoms with van der Waals surface area (Å²) in [6.45, 7) is 2.22. The van der Waals surface area contributed by atoms with Crippen molar-refractivity contribution in [2.75, 3.05) is 18.0 Å². The standard InChI is InChI=1S/C17H20N2O2/c1-18-12-13(5-8-17(20)21)15-11-14(6-7-16(15)18)19-9-3-2-4-10-19/h5-8,11-12H,2-4,9-10H2,1H3,(H,20,21)/b8-5-. The molecule has 4 heteroatoms. The zero-order chi connectivity index (χ0) is 14.8. The van der Waals surface area contributed by atoms with Crippen molar-refractivity contribution in [2.45, 2.75) is 19.3 Å². The van der Waals surface area contributed by atoms with Gasteiger partial charge in [0.25, 0.3) is 0 Å². The van der Waals surface area contributed by atoms with Gasteiger partial charge in [-0.15, -0.1) is 0 Å². The van der Waals surface area contributed by atoms with Gasteiger partial charge in [0, 0.05) is 54.6 Å². The average Bonchev–Trinajstić information content (AvgIpc) is 2.82. The molecule has 21 heavy (non-hydrogen) atoms. The summed E-state index contributed by atoms with van der Waals surface area (Å²) >= 11 is 0. The second-order valence-electron chi connectivity index (χ2n) is 5.62. The maximum absolute atomic E-state index is 10.7. The molecular formula is C17H20N2O2. The fourth-order valence-corrected chi connectivity index (χ4v) is 3.05. The minimum absolute atomic E-state index is 0.917. The van der Waals surface area contributed by atoms with E-state index in [4.69, 9.17) is 5.11 Å². The van der Waals surface area contributed by atoms with Crippen LogP contribution in [0.2, 0.25) is 0 Å². The van der Waals surface area contributed by atoms with Crippen LogP contribution in [0.5, 0.6) is 0 Å². The summed E-state index contributed by atoms with van der Waals surface area (Å²) in [5.74, 6) is -0.917. The van der Waals surface area contributed by atoms with E-state index in [0.717, 1.165) is 29.6 Å². The van der Waals surface area contributed by atoms with Gasteiger partial charge in [-0.05, 0) is 43.5 Å². The molecule has 2 heterocycles. The molecule has 1 aromatic heterocycles. The van der Waals surface area contributed by atoms with Crippen LogP contribution in [0.25, 0.3) is 17.0 Å². The number of carbonyl (C=O) groups is 1. The fraction of sp³-hybridized carbons (Fsp3) is 0.353. The van der Waals surface area contributed by atoms with E-state index < -0.39 is 5.97 Å². The Hall–Kier alpha value is -2.23. The zero-order valence-electron chi connectivity index (χ0n) is 12.2. The molecule has 0 unspecified atom stereocenters. The van der Waals surface area contributed by atoms with Crippen LogP contribution in [0.1, 0.15) is 24.8 Å². The molecule has 110 valence electrons. The molecule has 1 aliphatic rings. The number of aryl methyl sites for hydroxylation is 1. The number of piperidine rings is 1. The lowest BCUT2D eigenvalue weighted by Crippen LogP contribution is -2.29. The Labute approximate surface area is 124 Å². The summed E-state index contributed by atoms with van der Waals surface area (Å²) in [6.07, 6.45) is 8.66. The van der Waals surface area contributed by atoms with E-state index in [1.807, 2.05) is 17.8 Å². The van der Waals surface area contributed by atoms with Crippen LogP contribution in [0.4, 0.5) is 5.69 Å². The second-order valence-corrected chi connectivity index (χ2v) is 5.62. The molecule has 1 N–H and O–H groups in total. The summed E-state index contributed by atoms with van der Waals surface area (Å²) in [5, 5.41) is 9.92. The van der Waals surface area contributed by atoms with Crippen LogP contribution < -0.4 is 4.90 Å². The third-order valence-corrected chi connectivity index (χ3v) is 4.13. The largest absolute Gasteiger partial charge is 0.478 e. The van der Waals surface area contributed by atoms with E-state index >= 15 is 0 Å². The molecule has 4 nitrogen and oxygen atoms in total. The minimum Gasteiger partial charge on any atom is -0.478 e. The topological polar surface area (TPSA) is 45.5 Å². The van der Waals surface area contributed by atoms with Gasteiger partial charge in [-0.2, -0.15) is 0 Å². The van der Waals surface area contributed by atoms with Crippen LogP contribution in [0, 0.1) is 0 Å². The van der Waals surface area contributed by atoms with Gasteiger partial charge in [0.2, 0.25) is 0 Å². The number of nitrogens with zero attached hydrogens (tertiary/aromatic N) is 2. The highest BCUT2D eigenvalue weighted by Crippen LogP contribution is 2.28. The minimum atomic E-state index is -0.917. The van der Waals surface area contributed by atoms with Crippen molar-refractivity contribution in [1.29, 1.82) is 0 Å². The molecule has 0 saturated carbocycles. The molecule has 1 saturated heterocycles. The first-order chi connectivity index (χ1) is 10.1. The maximum atomic E-state index is 10.7. The summed E-state index contributed by atoms with van der Waals surface area (Å²) in [7, 11) is 1.99. The normalized spacial score (nSPS) is 16.0. The van der Waals surface area contributed by atoms with Gasteiger partial charge in [0.15, 0.2) is 0 Å². The zero-order valence-corrected chi connectivity index (χ0v) is 12.2. The lowest BCUT2D eigenvalue weighted by atomic mass is 10.1. The Balaban J connectivity index is 2.02. The molecular weight excluding hydrogens is 264 g/mol. The number of benzene rings is 1. The number of anilines is 1. The van der Waals surface area contributed by atoms with Crippen LogP contribution in [-0.2, 0) is 11.8 Å². The number of rotatable bonds is 3. The van der Waals surface area contributed by atoms with Gasteiger partial charge in [-0.1, -0.05) is 0 Å². The molecule has 0 aliphatic carbocycles. The summed E-state index contributed by atoms with van der Waals surface area (Å²) in [4.78, 5) is 13.1. The third-order valence-electron chi connectivity index (χ3n) is 4.13. The summed E-state index contributed by atoms with van der Waals surface area (Å²) < 4.78 is 2.04. The predicted octanol–water partition coefficient (Wildman–Crippen LogP) is 3.27. The molecule has 0 radical (unpaired) electrons. The number of aliphatic carboxylic acids is 1. The number of aromatic nitrogens is 1. The molecule has 1 aliphatic heterocycles. The predicted molar refractivity (Wildman–Crippen MR) is 85.7 cm³/mol. The molecule has 0 atom stereocenters. The lowest BCUT2D eigenvalue weighted by molar-refractivity contribution is -0.131. The number of fused-ring (bicyclic) bond motifs is 1. The van der Waals surface area contributed by atoms with Crippen molar-refractivity contribution >= 4 is 28.6 Å². The first-order valence-electron chi connectivity index (χ1n) is 7.40. The van der Waals surface area contributed by atoms with Crippen molar-refractivity contribution in [3.05, 3.63) is 36.0 Å². The first-order valence-corrected chi connectivity index (χ1v) is 7.40. The van der Waals surface area contributed by atoms with Crippen molar-refractivity contribution in [2.24, 2.45) is 7.05 Å². The number of hydrogen-bond donors (Lipinski definition) is 1. The number of carboxylic acids is 1. The highest BCUT2D eigenvalue weighted by molar-refractivity contribution is 5.95. The Morgan fingerprint density at radius 3 is 2.71 bits per heavy atom. The van der Waals surface area contributed by atoms with E-state index in [-0.39, 0.29) is 0 Å². The van der Waals surface area contributed by atoms with Crippen molar-refractivity contribution < 1.29 is 9.90 Å².